The van der Waals surface area contributed by atoms with E-state index in [4.69, 9.17) is 12.8 Å². The van der Waals surface area contributed by atoms with E-state index in [0.717, 1.165) is 13.1 Å². The van der Waals surface area contributed by atoms with E-state index in [1.54, 1.807) is 7.11 Å². The average Bonchev–Trinajstić information content (AvgIpc) is 2.32. The molecule has 62 valence electrons. The third-order valence-electron chi connectivity index (χ3n) is 2.18. The third kappa shape index (κ3) is 2.19. The Labute approximate surface area is 69.1 Å². The first-order valence-electron chi connectivity index (χ1n) is 3.81. The van der Waals surface area contributed by atoms with E-state index in [2.05, 4.69) is 16.6 Å². The maximum atomic E-state index is 5.27. The zero-order valence-corrected chi connectivity index (χ0v) is 7.12. The van der Waals surface area contributed by atoms with Crippen molar-refractivity contribution in [2.45, 2.75) is 6.10 Å². The lowest BCUT2D eigenvalue weighted by Crippen LogP contribution is -2.24. The van der Waals surface area contributed by atoms with Gasteiger partial charge in [0.1, 0.15) is 0 Å². The molecule has 11 heavy (non-hydrogen) atoms. The largest absolute Gasteiger partial charge is 0.447 e. The number of methoxy groups -OCH3 is 1. The van der Waals surface area contributed by atoms with E-state index < -0.39 is 0 Å². The van der Waals surface area contributed by atoms with Crippen LogP contribution in [0.3, 0.4) is 0 Å². The van der Waals surface area contributed by atoms with Crippen molar-refractivity contribution < 1.29 is 9.39 Å². The summed E-state index contributed by atoms with van der Waals surface area (Å²) in [5, 5.41) is 0. The highest BCUT2D eigenvalue weighted by molar-refractivity contribution is 5.97. The number of nitrogens with zero attached hydrogens (tertiary/aromatic N) is 1. The Morgan fingerprint density at radius 3 is 2.82 bits per heavy atom. The number of hydrogen-bond donors (Lipinski definition) is 0. The van der Waals surface area contributed by atoms with Gasteiger partial charge in [-0.2, -0.15) is 0 Å². The predicted octanol–water partition coefficient (Wildman–Crippen LogP) is -0.337. The van der Waals surface area contributed by atoms with Crippen molar-refractivity contribution in [1.29, 1.82) is 0 Å². The van der Waals surface area contributed by atoms with Gasteiger partial charge < -0.3 is 14.3 Å². The number of ether oxygens (including phenoxy) is 1. The Morgan fingerprint density at radius 1 is 1.55 bits per heavy atom. The summed E-state index contributed by atoms with van der Waals surface area (Å²) in [7, 11) is 8.80. The molecule has 2 atom stereocenters. The van der Waals surface area contributed by atoms with Crippen molar-refractivity contribution in [3.05, 3.63) is 0 Å². The van der Waals surface area contributed by atoms with Crippen molar-refractivity contribution in [1.82, 2.24) is 4.90 Å². The van der Waals surface area contributed by atoms with Crippen LogP contribution < -0.4 is 0 Å². The van der Waals surface area contributed by atoms with Crippen LogP contribution in [0.4, 0.5) is 0 Å². The molecule has 0 aromatic carbocycles. The van der Waals surface area contributed by atoms with E-state index in [0.29, 0.717) is 12.5 Å². The predicted molar refractivity (Wildman–Crippen MR) is 43.5 cm³/mol. The summed E-state index contributed by atoms with van der Waals surface area (Å²) in [6.07, 6.45) is 0.281. The van der Waals surface area contributed by atoms with Gasteiger partial charge in [-0.05, 0) is 7.05 Å². The van der Waals surface area contributed by atoms with E-state index >= 15 is 0 Å². The first kappa shape index (κ1) is 9.04. The van der Waals surface area contributed by atoms with Gasteiger partial charge in [0.05, 0.1) is 6.10 Å². The lowest BCUT2D eigenvalue weighted by molar-refractivity contribution is 0.0626. The summed E-state index contributed by atoms with van der Waals surface area (Å²) in [5.41, 5.74) is 0. The summed E-state index contributed by atoms with van der Waals surface area (Å²) in [5.74, 6) is 0.426. The van der Waals surface area contributed by atoms with E-state index in [1.165, 1.54) is 0 Å². The molecule has 0 N–H and O–H groups in total. The SMILES string of the molecule is [B]OCC1CN(C)CC1OC. The van der Waals surface area contributed by atoms with Gasteiger partial charge in [0.2, 0.25) is 0 Å². The topological polar surface area (TPSA) is 21.7 Å². The quantitative estimate of drug-likeness (QED) is 0.520. The van der Waals surface area contributed by atoms with Crippen LogP contribution >= 0.6 is 0 Å². The van der Waals surface area contributed by atoms with Gasteiger partial charge in [0.15, 0.2) is 0 Å². The molecular weight excluding hydrogens is 141 g/mol. The summed E-state index contributed by atoms with van der Waals surface area (Å²) >= 11 is 0. The van der Waals surface area contributed by atoms with Gasteiger partial charge in [-0.1, -0.05) is 0 Å². The molecule has 0 bridgehead atoms. The number of rotatable bonds is 3. The lowest BCUT2D eigenvalue weighted by Gasteiger charge is -2.15. The molecule has 0 aromatic heterocycles. The lowest BCUT2D eigenvalue weighted by atomic mass is 10.1. The molecule has 4 heteroatoms. The molecule has 0 saturated carbocycles. The molecule has 1 aliphatic rings. The fraction of sp³-hybridized carbons (Fsp3) is 1.00. The first-order valence-corrected chi connectivity index (χ1v) is 3.81. The molecule has 2 radical (unpaired) electrons. The molecule has 1 saturated heterocycles. The molecule has 0 aliphatic carbocycles. The van der Waals surface area contributed by atoms with Gasteiger partial charge in [-0.3, -0.25) is 0 Å². The fourth-order valence-corrected chi connectivity index (χ4v) is 1.60. The first-order chi connectivity index (χ1) is 5.27. The van der Waals surface area contributed by atoms with Gasteiger partial charge in [0.25, 0.3) is 8.05 Å². The highest BCUT2D eigenvalue weighted by Gasteiger charge is 2.30. The Balaban J connectivity index is 2.37. The molecule has 1 fully saturated rings. The average molecular weight is 155 g/mol. The van der Waals surface area contributed by atoms with Crippen LogP contribution in [0.1, 0.15) is 0 Å². The molecule has 0 spiro atoms. The van der Waals surface area contributed by atoms with Crippen LogP contribution in [0.25, 0.3) is 0 Å². The van der Waals surface area contributed by atoms with Crippen LogP contribution in [-0.2, 0) is 9.39 Å². The Hall–Kier alpha value is -0.0551. The van der Waals surface area contributed by atoms with Crippen LogP contribution in [0.2, 0.25) is 0 Å². The van der Waals surface area contributed by atoms with Gasteiger partial charge in [-0.15, -0.1) is 0 Å². The van der Waals surface area contributed by atoms with Crippen molar-refractivity contribution in [3.63, 3.8) is 0 Å². The molecule has 1 aliphatic heterocycles. The zero-order valence-electron chi connectivity index (χ0n) is 7.12. The highest BCUT2D eigenvalue weighted by Crippen LogP contribution is 2.17. The molecule has 3 nitrogen and oxygen atoms in total. The number of likely N-dealkylation sites (tertiary alicyclic amines) is 1. The standard InChI is InChI=1S/C7H14BNO2/c1-9-3-6(5-11-8)7(4-9)10-2/h6-7H,3-5H2,1-2H3. The number of hydrogen-bond acceptors (Lipinski definition) is 3. The highest BCUT2D eigenvalue weighted by atomic mass is 16.5. The second-order valence-electron chi connectivity index (χ2n) is 3.09. The summed E-state index contributed by atoms with van der Waals surface area (Å²) in [6, 6.07) is 0. The van der Waals surface area contributed by atoms with Crippen molar-refractivity contribution in [2.24, 2.45) is 5.92 Å². The monoisotopic (exact) mass is 155 g/mol. The third-order valence-corrected chi connectivity index (χ3v) is 2.18. The molecule has 2 unspecified atom stereocenters. The fourth-order valence-electron chi connectivity index (χ4n) is 1.60. The van der Waals surface area contributed by atoms with Crippen LogP contribution in [0.5, 0.6) is 0 Å². The minimum absolute atomic E-state index is 0.281. The minimum atomic E-state index is 0.281. The Bertz CT molecular complexity index is 123. The summed E-state index contributed by atoms with van der Waals surface area (Å²) < 4.78 is 9.87. The van der Waals surface area contributed by atoms with Gasteiger partial charge >= 0.3 is 0 Å². The van der Waals surface area contributed by atoms with Crippen LogP contribution in [-0.4, -0.2) is 52.9 Å². The molecule has 1 rings (SSSR count). The van der Waals surface area contributed by atoms with E-state index in [1.807, 2.05) is 0 Å². The van der Waals surface area contributed by atoms with Crippen molar-refractivity contribution >= 4 is 8.05 Å². The number of likely N-dealkylation sites (N-methyl/N-ethyl adjacent to an activating group) is 1. The zero-order chi connectivity index (χ0) is 8.27. The maximum Gasteiger partial charge on any atom is 0.282 e. The van der Waals surface area contributed by atoms with E-state index in [9.17, 15) is 0 Å². The molecular formula is C7H14BNO2. The molecule has 0 amide bonds. The molecule has 1 heterocycles. The smallest absolute Gasteiger partial charge is 0.282 e. The molecule has 0 aromatic rings. The second-order valence-corrected chi connectivity index (χ2v) is 3.09. The Morgan fingerprint density at radius 2 is 2.27 bits per heavy atom. The van der Waals surface area contributed by atoms with Crippen molar-refractivity contribution in [2.75, 3.05) is 33.9 Å². The normalized spacial score (nSPS) is 32.9. The summed E-state index contributed by atoms with van der Waals surface area (Å²) in [4.78, 5) is 2.22. The van der Waals surface area contributed by atoms with Crippen LogP contribution in [0, 0.1) is 5.92 Å². The van der Waals surface area contributed by atoms with Gasteiger partial charge in [0, 0.05) is 32.7 Å². The van der Waals surface area contributed by atoms with Crippen LogP contribution in [0.15, 0.2) is 0 Å². The van der Waals surface area contributed by atoms with Crippen molar-refractivity contribution in [3.8, 4) is 0 Å². The Kier molecular flexibility index (Phi) is 3.36. The van der Waals surface area contributed by atoms with Gasteiger partial charge in [-0.25, -0.2) is 0 Å². The van der Waals surface area contributed by atoms with E-state index in [-0.39, 0.29) is 6.10 Å². The minimum Gasteiger partial charge on any atom is -0.447 e. The second kappa shape index (κ2) is 4.09. The summed E-state index contributed by atoms with van der Waals surface area (Å²) in [6.45, 7) is 2.57. The maximum absolute atomic E-state index is 5.27.